The predicted octanol–water partition coefficient (Wildman–Crippen LogP) is -0.108. The van der Waals surface area contributed by atoms with Crippen LogP contribution in [0.3, 0.4) is 0 Å². The molecule has 0 aliphatic carbocycles. The predicted molar refractivity (Wildman–Crippen MR) is 42.4 cm³/mol. The van der Waals surface area contributed by atoms with E-state index in [1.807, 2.05) is 0 Å². The van der Waals surface area contributed by atoms with Gasteiger partial charge in [-0.2, -0.15) is 16.8 Å². The Morgan fingerprint density at radius 2 is 1.17 bits per heavy atom. The highest BCUT2D eigenvalue weighted by atomic mass is 35.5. The topological polar surface area (TPSA) is 109 Å². The van der Waals surface area contributed by atoms with Gasteiger partial charge in [0.15, 0.2) is 0 Å². The van der Waals surface area contributed by atoms with Gasteiger partial charge < -0.3 is 0 Å². The zero-order valence-electron chi connectivity index (χ0n) is 5.25. The minimum absolute atomic E-state index is 1.96. The Morgan fingerprint density at radius 3 is 1.17 bits per heavy atom. The Balaban J connectivity index is 5.26. The fourth-order valence-corrected chi connectivity index (χ4v) is 3.72. The summed E-state index contributed by atoms with van der Waals surface area (Å²) < 4.78 is 54.9. The van der Waals surface area contributed by atoms with E-state index in [1.165, 1.54) is 0 Å². The van der Waals surface area contributed by atoms with E-state index in [-0.39, 0.29) is 0 Å². The fourth-order valence-electron chi connectivity index (χ4n) is 0.414. The van der Waals surface area contributed by atoms with Crippen LogP contribution in [0, 0.1) is 0 Å². The van der Waals surface area contributed by atoms with Crippen molar-refractivity contribution in [3.8, 4) is 0 Å². The Hall–Kier alpha value is 0.400. The first-order chi connectivity index (χ1) is 5.07. The molecular formula is C2H4Cl2O6S2. The Bertz CT molecular complexity index is 308. The van der Waals surface area contributed by atoms with Gasteiger partial charge >= 0.3 is 0 Å². The van der Waals surface area contributed by atoms with Crippen LogP contribution >= 0.6 is 23.2 Å². The highest BCUT2D eigenvalue weighted by molar-refractivity contribution is 8.04. The highest BCUT2D eigenvalue weighted by Crippen LogP contribution is 2.19. The van der Waals surface area contributed by atoms with E-state index < -0.39 is 29.7 Å². The molecule has 2 N–H and O–H groups in total. The van der Waals surface area contributed by atoms with Crippen LogP contribution in [-0.4, -0.2) is 35.4 Å². The molecule has 0 saturated carbocycles. The summed E-state index contributed by atoms with van der Waals surface area (Å²) in [6.07, 6.45) is 0. The second-order valence-electron chi connectivity index (χ2n) is 1.73. The lowest BCUT2D eigenvalue weighted by Crippen LogP contribution is -2.35. The third-order valence-electron chi connectivity index (χ3n) is 0.793. The zero-order chi connectivity index (χ0) is 10.2. The standard InChI is InChI=1S/C2H4Cl2O6S2/c3-1(4)2(11(5,6)7)12(8,9)10/h1-2H,(H,5,6,7)(H,8,9,10). The number of alkyl halides is 2. The van der Waals surface area contributed by atoms with Gasteiger partial charge in [-0.1, -0.05) is 0 Å². The second-order valence-corrected chi connectivity index (χ2v) is 6.27. The Morgan fingerprint density at radius 1 is 0.917 bits per heavy atom. The molecule has 0 saturated heterocycles. The summed E-state index contributed by atoms with van der Waals surface area (Å²) in [6, 6.07) is 0. The molecule has 0 spiro atoms. The Kier molecular flexibility index (Phi) is 3.76. The molecule has 0 aromatic rings. The molecule has 74 valence electrons. The molecule has 10 heteroatoms. The van der Waals surface area contributed by atoms with Crippen molar-refractivity contribution in [2.75, 3.05) is 0 Å². The first-order valence-electron chi connectivity index (χ1n) is 2.27. The van der Waals surface area contributed by atoms with Gasteiger partial charge in [-0.3, -0.25) is 9.11 Å². The van der Waals surface area contributed by atoms with Crippen molar-refractivity contribution in [1.82, 2.24) is 0 Å². The van der Waals surface area contributed by atoms with Gasteiger partial charge in [0.1, 0.15) is 4.84 Å². The first-order valence-corrected chi connectivity index (χ1v) is 6.15. The summed E-state index contributed by atoms with van der Waals surface area (Å²) in [5, 5.41) is 0. The molecule has 0 atom stereocenters. The van der Waals surface area contributed by atoms with Gasteiger partial charge in [0.25, 0.3) is 20.2 Å². The molecular weight excluding hydrogens is 255 g/mol. The maximum absolute atomic E-state index is 10.3. The molecule has 0 unspecified atom stereocenters. The molecule has 0 amide bonds. The minimum atomic E-state index is -5.02. The largest absolute Gasteiger partial charge is 0.287 e. The van der Waals surface area contributed by atoms with Gasteiger partial charge in [0.2, 0.25) is 4.58 Å². The van der Waals surface area contributed by atoms with Crippen molar-refractivity contribution >= 4 is 43.4 Å². The van der Waals surface area contributed by atoms with Crippen LogP contribution < -0.4 is 0 Å². The van der Waals surface area contributed by atoms with Crippen molar-refractivity contribution < 1.29 is 25.9 Å². The van der Waals surface area contributed by atoms with E-state index in [2.05, 4.69) is 0 Å². The Labute approximate surface area is 79.0 Å². The number of hydrogen-bond donors (Lipinski definition) is 2. The SMILES string of the molecule is O=S(=O)(O)C(C(Cl)Cl)S(=O)(=O)O. The molecule has 0 bridgehead atoms. The molecule has 0 aromatic heterocycles. The molecule has 0 radical (unpaired) electrons. The zero-order valence-corrected chi connectivity index (χ0v) is 8.40. The fraction of sp³-hybridized carbons (Fsp3) is 1.00. The van der Waals surface area contributed by atoms with Gasteiger partial charge in [-0.15, -0.1) is 23.2 Å². The summed E-state index contributed by atoms with van der Waals surface area (Å²) in [4.78, 5) is -1.96. The van der Waals surface area contributed by atoms with E-state index in [0.29, 0.717) is 0 Å². The number of halogens is 2. The van der Waals surface area contributed by atoms with Crippen LogP contribution in [0.15, 0.2) is 0 Å². The summed E-state index contributed by atoms with van der Waals surface area (Å²) in [5.74, 6) is 0. The van der Waals surface area contributed by atoms with Crippen LogP contribution in [0.1, 0.15) is 0 Å². The third kappa shape index (κ3) is 3.42. The average Bonchev–Trinajstić information content (AvgIpc) is 1.49. The maximum atomic E-state index is 10.3. The first kappa shape index (κ1) is 12.4. The summed E-state index contributed by atoms with van der Waals surface area (Å²) >= 11 is 9.80. The van der Waals surface area contributed by atoms with Gasteiger partial charge in [-0.05, 0) is 0 Å². The van der Waals surface area contributed by atoms with Gasteiger partial charge in [-0.25, -0.2) is 0 Å². The monoisotopic (exact) mass is 258 g/mol. The summed E-state index contributed by atoms with van der Waals surface area (Å²) in [7, 11) is -10.0. The van der Waals surface area contributed by atoms with Crippen molar-refractivity contribution in [1.29, 1.82) is 0 Å². The molecule has 0 aromatic carbocycles. The van der Waals surface area contributed by atoms with Crippen molar-refractivity contribution in [3.05, 3.63) is 0 Å². The molecule has 0 aliphatic heterocycles. The van der Waals surface area contributed by atoms with Crippen molar-refractivity contribution in [2.45, 2.75) is 9.42 Å². The van der Waals surface area contributed by atoms with Gasteiger partial charge in [0.05, 0.1) is 0 Å². The molecule has 0 fully saturated rings. The van der Waals surface area contributed by atoms with E-state index >= 15 is 0 Å². The van der Waals surface area contributed by atoms with Crippen molar-refractivity contribution in [3.63, 3.8) is 0 Å². The van der Waals surface area contributed by atoms with E-state index in [0.717, 1.165) is 0 Å². The maximum Gasteiger partial charge on any atom is 0.287 e. The highest BCUT2D eigenvalue weighted by Gasteiger charge is 2.41. The molecule has 6 nitrogen and oxygen atoms in total. The lowest BCUT2D eigenvalue weighted by molar-refractivity contribution is 0.457. The lowest BCUT2D eigenvalue weighted by Gasteiger charge is -2.10. The summed E-state index contributed by atoms with van der Waals surface area (Å²) in [5.41, 5.74) is 0. The van der Waals surface area contributed by atoms with Crippen molar-refractivity contribution in [2.24, 2.45) is 0 Å². The van der Waals surface area contributed by atoms with Crippen LogP contribution in [0.25, 0.3) is 0 Å². The van der Waals surface area contributed by atoms with E-state index in [1.54, 1.807) is 0 Å². The lowest BCUT2D eigenvalue weighted by atomic mass is 10.9. The molecule has 12 heavy (non-hydrogen) atoms. The second kappa shape index (κ2) is 3.64. The molecule has 0 rings (SSSR count). The third-order valence-corrected chi connectivity index (χ3v) is 5.07. The van der Waals surface area contributed by atoms with Crippen LogP contribution in [-0.2, 0) is 20.2 Å². The molecule has 0 aliphatic rings. The summed E-state index contributed by atoms with van der Waals surface area (Å²) in [6.45, 7) is 0. The smallest absolute Gasteiger partial charge is 0.284 e. The minimum Gasteiger partial charge on any atom is -0.284 e. The normalized spacial score (nSPS) is 14.2. The van der Waals surface area contributed by atoms with Crippen LogP contribution in [0.2, 0.25) is 0 Å². The van der Waals surface area contributed by atoms with E-state index in [9.17, 15) is 16.8 Å². The average molecular weight is 259 g/mol. The van der Waals surface area contributed by atoms with E-state index in [4.69, 9.17) is 32.3 Å². The number of rotatable bonds is 3. The van der Waals surface area contributed by atoms with Crippen LogP contribution in [0.5, 0.6) is 0 Å². The quantitative estimate of drug-likeness (QED) is 0.540. The number of hydrogen-bond acceptors (Lipinski definition) is 4. The molecule has 0 heterocycles. The van der Waals surface area contributed by atoms with Crippen LogP contribution in [0.4, 0.5) is 0 Å². The van der Waals surface area contributed by atoms with Gasteiger partial charge in [0, 0.05) is 0 Å².